The fourth-order valence-corrected chi connectivity index (χ4v) is 3.68. The molecule has 152 valence electrons. The summed E-state index contributed by atoms with van der Waals surface area (Å²) in [4.78, 5) is 20.6. The van der Waals surface area contributed by atoms with Crippen LogP contribution in [0.25, 0.3) is 11.4 Å². The van der Waals surface area contributed by atoms with Gasteiger partial charge >= 0.3 is 0 Å². The quantitative estimate of drug-likeness (QED) is 0.661. The Morgan fingerprint density at radius 2 is 1.86 bits per heavy atom. The topological polar surface area (TPSA) is 96.6 Å². The van der Waals surface area contributed by atoms with Crippen molar-refractivity contribution in [1.29, 1.82) is 0 Å². The van der Waals surface area contributed by atoms with Gasteiger partial charge in [-0.05, 0) is 24.3 Å². The summed E-state index contributed by atoms with van der Waals surface area (Å²) in [7, 11) is -2.96. The monoisotopic (exact) mass is 426 g/mol. The summed E-state index contributed by atoms with van der Waals surface area (Å²) < 4.78 is 27.8. The molecule has 0 bridgehead atoms. The number of carbonyl (C=O) groups is 1. The third kappa shape index (κ3) is 6.02. The summed E-state index contributed by atoms with van der Waals surface area (Å²) in [5.74, 6) is 1.08. The Kier molecular flexibility index (Phi) is 6.69. The minimum absolute atomic E-state index is 0.0361. The van der Waals surface area contributed by atoms with Crippen molar-refractivity contribution in [1.82, 2.24) is 19.9 Å². The van der Waals surface area contributed by atoms with Gasteiger partial charge in [-0.2, -0.15) is 4.98 Å². The first kappa shape index (κ1) is 20.8. The molecular weight excluding hydrogens is 404 g/mol. The van der Waals surface area contributed by atoms with Crippen molar-refractivity contribution in [2.45, 2.75) is 12.8 Å². The number of hydrogen-bond donors (Lipinski definition) is 0. The fourth-order valence-electron chi connectivity index (χ4n) is 2.96. The number of sulfone groups is 1. The molecule has 8 nitrogen and oxygen atoms in total. The first-order chi connectivity index (χ1) is 13.3. The molecule has 0 radical (unpaired) electrons. The van der Waals surface area contributed by atoms with Crippen molar-refractivity contribution < 1.29 is 17.7 Å². The molecule has 1 aliphatic heterocycles. The third-order valence-corrected chi connectivity index (χ3v) is 5.80. The smallest absolute Gasteiger partial charge is 0.227 e. The molecule has 0 saturated carbocycles. The Labute approximate surface area is 169 Å². The van der Waals surface area contributed by atoms with Crippen LogP contribution in [0.3, 0.4) is 0 Å². The van der Waals surface area contributed by atoms with Crippen LogP contribution < -0.4 is 0 Å². The van der Waals surface area contributed by atoms with Gasteiger partial charge in [0.05, 0.1) is 5.75 Å². The standard InChI is InChI=1S/C18H23ClN4O4S/c1-28(25,26)13-12-22-8-10-23(11-9-22)17(24)7-6-16-20-18(21-27-16)14-2-4-15(19)5-3-14/h2-5H,6-13H2,1H3. The Hall–Kier alpha value is -1.97. The van der Waals surface area contributed by atoms with Gasteiger partial charge in [0.2, 0.25) is 17.6 Å². The Balaban J connectivity index is 1.44. The molecule has 10 heteroatoms. The molecule has 0 unspecified atom stereocenters. The summed E-state index contributed by atoms with van der Waals surface area (Å²) in [6, 6.07) is 7.13. The van der Waals surface area contributed by atoms with E-state index in [1.165, 1.54) is 6.26 Å². The van der Waals surface area contributed by atoms with E-state index in [9.17, 15) is 13.2 Å². The number of aryl methyl sites for hydroxylation is 1. The van der Waals surface area contributed by atoms with Gasteiger partial charge in [-0.1, -0.05) is 16.8 Å². The van der Waals surface area contributed by atoms with E-state index in [0.29, 0.717) is 62.3 Å². The largest absolute Gasteiger partial charge is 0.340 e. The van der Waals surface area contributed by atoms with Gasteiger partial charge in [0, 0.05) is 62.4 Å². The molecule has 28 heavy (non-hydrogen) atoms. The van der Waals surface area contributed by atoms with Crippen LogP contribution in [0, 0.1) is 0 Å². The summed E-state index contributed by atoms with van der Waals surface area (Å²) in [5, 5.41) is 4.58. The second kappa shape index (κ2) is 9.02. The number of halogens is 1. The summed E-state index contributed by atoms with van der Waals surface area (Å²) in [6.07, 6.45) is 1.92. The van der Waals surface area contributed by atoms with Gasteiger partial charge in [0.25, 0.3) is 0 Å². The summed E-state index contributed by atoms with van der Waals surface area (Å²) in [5.41, 5.74) is 0.802. The van der Waals surface area contributed by atoms with E-state index >= 15 is 0 Å². The van der Waals surface area contributed by atoms with Crippen LogP contribution in [0.2, 0.25) is 5.02 Å². The third-order valence-electron chi connectivity index (χ3n) is 4.63. The summed E-state index contributed by atoms with van der Waals surface area (Å²) >= 11 is 5.87. The Bertz CT molecular complexity index is 906. The van der Waals surface area contributed by atoms with Crippen LogP contribution in [-0.2, 0) is 21.1 Å². The van der Waals surface area contributed by atoms with Gasteiger partial charge in [-0.15, -0.1) is 0 Å². The zero-order valence-electron chi connectivity index (χ0n) is 15.7. The maximum Gasteiger partial charge on any atom is 0.227 e. The van der Waals surface area contributed by atoms with E-state index in [2.05, 4.69) is 15.0 Å². The first-order valence-electron chi connectivity index (χ1n) is 9.06. The predicted molar refractivity (Wildman–Crippen MR) is 106 cm³/mol. The van der Waals surface area contributed by atoms with E-state index < -0.39 is 9.84 Å². The van der Waals surface area contributed by atoms with Crippen LogP contribution in [0.15, 0.2) is 28.8 Å². The molecule has 2 aromatic rings. The maximum atomic E-state index is 12.4. The molecule has 0 atom stereocenters. The SMILES string of the molecule is CS(=O)(=O)CCN1CCN(C(=O)CCc2nc(-c3ccc(Cl)cc3)no2)CC1. The van der Waals surface area contributed by atoms with Gasteiger partial charge < -0.3 is 9.42 Å². The number of amides is 1. The number of aromatic nitrogens is 2. The first-order valence-corrected chi connectivity index (χ1v) is 11.5. The lowest BCUT2D eigenvalue weighted by molar-refractivity contribution is -0.132. The van der Waals surface area contributed by atoms with Crippen LogP contribution in [-0.4, -0.2) is 79.0 Å². The zero-order chi connectivity index (χ0) is 20.1. The fraction of sp³-hybridized carbons (Fsp3) is 0.500. The Morgan fingerprint density at radius 1 is 1.18 bits per heavy atom. The molecular formula is C18H23ClN4O4S. The molecule has 0 aliphatic carbocycles. The van der Waals surface area contributed by atoms with E-state index in [0.717, 1.165) is 5.56 Å². The average molecular weight is 427 g/mol. The number of piperazine rings is 1. The minimum atomic E-state index is -2.96. The molecule has 1 aromatic heterocycles. The molecule has 1 fully saturated rings. The molecule has 3 rings (SSSR count). The second-order valence-corrected chi connectivity index (χ2v) is 9.57. The van der Waals surface area contributed by atoms with Gasteiger partial charge in [-0.3, -0.25) is 9.69 Å². The van der Waals surface area contributed by atoms with Crippen LogP contribution >= 0.6 is 11.6 Å². The Morgan fingerprint density at radius 3 is 2.50 bits per heavy atom. The molecule has 0 spiro atoms. The van der Waals surface area contributed by atoms with E-state index in [-0.39, 0.29) is 11.7 Å². The highest BCUT2D eigenvalue weighted by atomic mass is 35.5. The van der Waals surface area contributed by atoms with Crippen molar-refractivity contribution in [3.8, 4) is 11.4 Å². The number of benzene rings is 1. The number of rotatable bonds is 7. The van der Waals surface area contributed by atoms with Crippen LogP contribution in [0.4, 0.5) is 0 Å². The van der Waals surface area contributed by atoms with Gasteiger partial charge in [0.1, 0.15) is 9.84 Å². The number of carbonyl (C=O) groups excluding carboxylic acids is 1. The van der Waals surface area contributed by atoms with Gasteiger partial charge in [0.15, 0.2) is 0 Å². The highest BCUT2D eigenvalue weighted by molar-refractivity contribution is 7.90. The van der Waals surface area contributed by atoms with Crippen molar-refractivity contribution >= 4 is 27.3 Å². The van der Waals surface area contributed by atoms with Gasteiger partial charge in [-0.25, -0.2) is 8.42 Å². The molecule has 1 aromatic carbocycles. The molecule has 1 saturated heterocycles. The average Bonchev–Trinajstić information content (AvgIpc) is 3.14. The lowest BCUT2D eigenvalue weighted by Crippen LogP contribution is -2.49. The van der Waals surface area contributed by atoms with E-state index in [4.69, 9.17) is 16.1 Å². The normalized spacial score (nSPS) is 15.7. The predicted octanol–water partition coefficient (Wildman–Crippen LogP) is 1.51. The summed E-state index contributed by atoms with van der Waals surface area (Å²) in [6.45, 7) is 3.08. The van der Waals surface area contributed by atoms with Crippen molar-refractivity contribution in [3.63, 3.8) is 0 Å². The highest BCUT2D eigenvalue weighted by Crippen LogP contribution is 2.19. The number of nitrogens with zero attached hydrogens (tertiary/aromatic N) is 4. The maximum absolute atomic E-state index is 12.4. The van der Waals surface area contributed by atoms with E-state index in [1.54, 1.807) is 17.0 Å². The van der Waals surface area contributed by atoms with E-state index in [1.807, 2.05) is 12.1 Å². The van der Waals surface area contributed by atoms with Crippen LogP contribution in [0.5, 0.6) is 0 Å². The lowest BCUT2D eigenvalue weighted by atomic mass is 10.2. The van der Waals surface area contributed by atoms with Crippen molar-refractivity contribution in [2.24, 2.45) is 0 Å². The second-order valence-electron chi connectivity index (χ2n) is 6.87. The molecule has 2 heterocycles. The molecule has 1 amide bonds. The molecule has 0 N–H and O–H groups in total. The highest BCUT2D eigenvalue weighted by Gasteiger charge is 2.22. The minimum Gasteiger partial charge on any atom is -0.340 e. The number of hydrogen-bond acceptors (Lipinski definition) is 7. The zero-order valence-corrected chi connectivity index (χ0v) is 17.2. The lowest BCUT2D eigenvalue weighted by Gasteiger charge is -2.34. The van der Waals surface area contributed by atoms with Crippen LogP contribution in [0.1, 0.15) is 12.3 Å². The van der Waals surface area contributed by atoms with Crippen molar-refractivity contribution in [2.75, 3.05) is 44.7 Å². The molecule has 1 aliphatic rings. The van der Waals surface area contributed by atoms with Crippen molar-refractivity contribution in [3.05, 3.63) is 35.2 Å².